The average molecular weight is 273 g/mol. The zero-order valence-electron chi connectivity index (χ0n) is 9.39. The molecule has 0 bridgehead atoms. The molecule has 14 heavy (non-hydrogen) atoms. The van der Waals surface area contributed by atoms with Gasteiger partial charge in [-0.3, -0.25) is 0 Å². The van der Waals surface area contributed by atoms with E-state index in [1.807, 2.05) is 13.9 Å². The predicted octanol–water partition coefficient (Wildman–Crippen LogP) is 3.89. The van der Waals surface area contributed by atoms with Crippen molar-refractivity contribution in [3.05, 3.63) is 13.9 Å². The minimum absolute atomic E-state index is 0.499. The molecule has 0 aliphatic heterocycles. The van der Waals surface area contributed by atoms with Crippen LogP contribution in [0.1, 0.15) is 53.9 Å². The molecule has 0 radical (unpaired) electrons. The molecule has 0 saturated heterocycles. The van der Waals surface area contributed by atoms with Gasteiger partial charge >= 0.3 is 94.9 Å². The van der Waals surface area contributed by atoms with Gasteiger partial charge in [0.2, 0.25) is 0 Å². The van der Waals surface area contributed by atoms with E-state index in [1.54, 1.807) is 8.19 Å². The number of aryl methyl sites for hydroxylation is 2. The van der Waals surface area contributed by atoms with Crippen LogP contribution in [0.3, 0.4) is 0 Å². The van der Waals surface area contributed by atoms with E-state index in [0.29, 0.717) is 5.41 Å². The van der Waals surface area contributed by atoms with Crippen LogP contribution in [0, 0.1) is 0 Å². The summed E-state index contributed by atoms with van der Waals surface area (Å²) >= 11 is 0.747. The Morgan fingerprint density at radius 1 is 1.29 bits per heavy atom. The molecule has 0 atom stereocenters. The van der Waals surface area contributed by atoms with Crippen LogP contribution in [0.25, 0.3) is 0 Å². The van der Waals surface area contributed by atoms with Crippen molar-refractivity contribution < 1.29 is 0 Å². The maximum atomic E-state index is 2.43. The molecule has 0 saturated carbocycles. The fourth-order valence-electron chi connectivity index (χ4n) is 1.79. The molecule has 0 fully saturated rings. The molecule has 0 N–H and O–H groups in total. The number of hydrogen-bond donors (Lipinski definition) is 0. The Morgan fingerprint density at radius 3 is 2.64 bits per heavy atom. The third-order valence-corrected chi connectivity index (χ3v) is 9.30. The maximum absolute atomic E-state index is 2.43. The van der Waals surface area contributed by atoms with E-state index in [4.69, 9.17) is 0 Å². The van der Waals surface area contributed by atoms with Gasteiger partial charge in [-0.05, 0) is 0 Å². The molecule has 1 aromatic rings. The van der Waals surface area contributed by atoms with Crippen LogP contribution in [-0.4, -0.2) is 14.5 Å². The second-order valence-electron chi connectivity index (χ2n) is 4.83. The summed E-state index contributed by atoms with van der Waals surface area (Å²) in [7, 11) is 1.63. The fraction of sp³-hybridized carbons (Fsp3) is 0.750. The summed E-state index contributed by atoms with van der Waals surface area (Å²) < 4.78 is 3.71. The first-order valence-corrected chi connectivity index (χ1v) is 8.23. The van der Waals surface area contributed by atoms with Gasteiger partial charge in [0.05, 0.1) is 0 Å². The summed E-state index contributed by atoms with van der Waals surface area (Å²) in [5.41, 5.74) is 0.499. The van der Waals surface area contributed by atoms with Crippen molar-refractivity contribution in [3.8, 4) is 0 Å². The first-order chi connectivity index (χ1) is 6.63. The van der Waals surface area contributed by atoms with Gasteiger partial charge in [0.25, 0.3) is 0 Å². The van der Waals surface area contributed by atoms with Crippen molar-refractivity contribution in [2.24, 2.45) is 0 Å². The summed E-state index contributed by atoms with van der Waals surface area (Å²) in [5, 5.41) is 1.81. The SMILES string of the molecule is CCC(C)(C)c1pc2c([se]1)CCCC2. The molecule has 2 rings (SSSR count). The molecule has 1 heterocycles. The topological polar surface area (TPSA) is 0 Å². The Morgan fingerprint density at radius 2 is 2.00 bits per heavy atom. The molecule has 0 unspecified atom stereocenters. The van der Waals surface area contributed by atoms with E-state index in [9.17, 15) is 0 Å². The Hall–Kier alpha value is 0.429. The van der Waals surface area contributed by atoms with Gasteiger partial charge in [-0.15, -0.1) is 0 Å². The molecule has 0 nitrogen and oxygen atoms in total. The molecule has 0 spiro atoms. The van der Waals surface area contributed by atoms with E-state index >= 15 is 0 Å². The molecule has 1 aromatic heterocycles. The van der Waals surface area contributed by atoms with Crippen LogP contribution >= 0.6 is 8.19 Å². The normalized spacial score (nSPS) is 17.4. The number of hydrogen-bond acceptors (Lipinski definition) is 0. The van der Waals surface area contributed by atoms with Crippen molar-refractivity contribution in [2.45, 2.75) is 58.3 Å². The zero-order valence-corrected chi connectivity index (χ0v) is 12.0. The van der Waals surface area contributed by atoms with Crippen LogP contribution in [-0.2, 0) is 18.3 Å². The zero-order chi connectivity index (χ0) is 10.2. The van der Waals surface area contributed by atoms with Crippen molar-refractivity contribution >= 4 is 22.7 Å². The summed E-state index contributed by atoms with van der Waals surface area (Å²) in [6, 6.07) is 0. The van der Waals surface area contributed by atoms with Crippen molar-refractivity contribution in [1.29, 1.82) is 0 Å². The second-order valence-corrected chi connectivity index (χ2v) is 9.04. The van der Waals surface area contributed by atoms with Crippen LogP contribution in [0.5, 0.6) is 0 Å². The Balaban J connectivity index is 2.32. The minimum atomic E-state index is 0.499. The molecule has 0 aromatic carbocycles. The Kier molecular flexibility index (Phi) is 3.22. The third-order valence-electron chi connectivity index (χ3n) is 3.31. The predicted molar refractivity (Wildman–Crippen MR) is 65.9 cm³/mol. The first kappa shape index (κ1) is 10.9. The quantitative estimate of drug-likeness (QED) is 0.717. The molecule has 0 amide bonds. The number of rotatable bonds is 2. The van der Waals surface area contributed by atoms with Crippen LogP contribution < -0.4 is 0 Å². The molecular formula is C12H19PSe. The average Bonchev–Trinajstić information content (AvgIpc) is 2.61. The van der Waals surface area contributed by atoms with Gasteiger partial charge in [0, 0.05) is 0 Å². The molecule has 78 valence electrons. The summed E-state index contributed by atoms with van der Waals surface area (Å²) in [4.78, 5) is 0. The summed E-state index contributed by atoms with van der Waals surface area (Å²) in [5.74, 6) is 0. The molecule has 1 aliphatic carbocycles. The fourth-order valence-corrected chi connectivity index (χ4v) is 7.48. The Labute approximate surface area is 95.0 Å². The van der Waals surface area contributed by atoms with Crippen LogP contribution in [0.4, 0.5) is 0 Å². The van der Waals surface area contributed by atoms with Gasteiger partial charge < -0.3 is 0 Å². The summed E-state index contributed by atoms with van der Waals surface area (Å²) in [6.07, 6.45) is 7.03. The van der Waals surface area contributed by atoms with Crippen molar-refractivity contribution in [3.63, 3.8) is 0 Å². The van der Waals surface area contributed by atoms with E-state index < -0.39 is 0 Å². The van der Waals surface area contributed by atoms with Crippen molar-refractivity contribution in [1.82, 2.24) is 0 Å². The van der Waals surface area contributed by atoms with E-state index in [-0.39, 0.29) is 0 Å². The van der Waals surface area contributed by atoms with Gasteiger partial charge in [-0.2, -0.15) is 0 Å². The standard InChI is InChI=1S/C12H19PSe/c1-4-12(2,3)11-13-9-7-5-6-8-10(9)14-11/h4-8H2,1-3H3. The van der Waals surface area contributed by atoms with Gasteiger partial charge in [-0.25, -0.2) is 0 Å². The van der Waals surface area contributed by atoms with Gasteiger partial charge in [0.1, 0.15) is 0 Å². The summed E-state index contributed by atoms with van der Waals surface area (Å²) in [6.45, 7) is 7.18. The van der Waals surface area contributed by atoms with E-state index in [0.717, 1.165) is 14.5 Å². The molecular weight excluding hydrogens is 254 g/mol. The third kappa shape index (κ3) is 2.01. The van der Waals surface area contributed by atoms with Crippen LogP contribution in [0.2, 0.25) is 0 Å². The van der Waals surface area contributed by atoms with Crippen molar-refractivity contribution in [2.75, 3.05) is 0 Å². The Bertz CT molecular complexity index is 302. The van der Waals surface area contributed by atoms with E-state index in [2.05, 4.69) is 20.8 Å². The monoisotopic (exact) mass is 274 g/mol. The van der Waals surface area contributed by atoms with Gasteiger partial charge in [-0.1, -0.05) is 0 Å². The van der Waals surface area contributed by atoms with Crippen LogP contribution in [0.15, 0.2) is 0 Å². The number of fused-ring (bicyclic) bond motifs is 1. The first-order valence-electron chi connectivity index (χ1n) is 5.62. The second kappa shape index (κ2) is 4.12. The molecule has 2 heteroatoms. The van der Waals surface area contributed by atoms with E-state index in [1.165, 1.54) is 32.1 Å². The molecule has 1 aliphatic rings. The van der Waals surface area contributed by atoms with Gasteiger partial charge in [0.15, 0.2) is 0 Å².